The van der Waals surface area contributed by atoms with Crippen molar-refractivity contribution < 1.29 is 17.2 Å². The van der Waals surface area contributed by atoms with Crippen molar-refractivity contribution in [1.82, 2.24) is 4.31 Å². The maximum atomic E-state index is 13.4. The number of anilines is 1. The van der Waals surface area contributed by atoms with E-state index in [1.807, 2.05) is 0 Å². The molecule has 8 heteroatoms. The van der Waals surface area contributed by atoms with Gasteiger partial charge >= 0.3 is 0 Å². The van der Waals surface area contributed by atoms with E-state index in [4.69, 9.17) is 10.2 Å². The Morgan fingerprint density at radius 2 is 2.05 bits per heavy atom. The highest BCUT2D eigenvalue weighted by Gasteiger charge is 2.25. The van der Waals surface area contributed by atoms with Crippen molar-refractivity contribution in [2.24, 2.45) is 0 Å². The summed E-state index contributed by atoms with van der Waals surface area (Å²) in [4.78, 5) is -0.259. The molecule has 0 aliphatic heterocycles. The van der Waals surface area contributed by atoms with Gasteiger partial charge in [-0.2, -0.15) is 4.31 Å². The summed E-state index contributed by atoms with van der Waals surface area (Å²) in [6, 6.07) is 6.98. The third-order valence-corrected chi connectivity index (χ3v) is 5.00. The van der Waals surface area contributed by atoms with Crippen LogP contribution in [-0.4, -0.2) is 19.8 Å². The molecule has 2 rings (SSSR count). The summed E-state index contributed by atoms with van der Waals surface area (Å²) >= 11 is 3.13. The molecule has 0 aliphatic carbocycles. The summed E-state index contributed by atoms with van der Waals surface area (Å²) in [7, 11) is -2.52. The van der Waals surface area contributed by atoms with Gasteiger partial charge in [0.25, 0.3) is 0 Å². The zero-order valence-electron chi connectivity index (χ0n) is 10.5. The molecule has 0 unspecified atom stereocenters. The van der Waals surface area contributed by atoms with E-state index in [1.54, 1.807) is 12.1 Å². The number of sulfonamides is 1. The van der Waals surface area contributed by atoms with Crippen LogP contribution in [0.1, 0.15) is 5.76 Å². The fourth-order valence-electron chi connectivity index (χ4n) is 1.65. The van der Waals surface area contributed by atoms with Crippen molar-refractivity contribution >= 4 is 31.6 Å². The number of hydrogen-bond donors (Lipinski definition) is 1. The maximum absolute atomic E-state index is 13.4. The molecule has 0 saturated carbocycles. The average molecular weight is 363 g/mol. The molecular weight excluding hydrogens is 351 g/mol. The molecule has 20 heavy (non-hydrogen) atoms. The molecule has 2 N–H and O–H groups in total. The summed E-state index contributed by atoms with van der Waals surface area (Å²) in [5.74, 6) is -0.307. The normalized spacial score (nSPS) is 12.0. The summed E-state index contributed by atoms with van der Waals surface area (Å²) in [5, 5.41) is 0. The van der Waals surface area contributed by atoms with Gasteiger partial charge in [0, 0.05) is 7.05 Å². The largest absolute Gasteiger partial charge is 0.453 e. The molecule has 0 atom stereocenters. The zero-order chi connectivity index (χ0) is 14.9. The lowest BCUT2D eigenvalue weighted by atomic mass is 10.3. The van der Waals surface area contributed by atoms with Crippen molar-refractivity contribution in [3.8, 4) is 0 Å². The van der Waals surface area contributed by atoms with Gasteiger partial charge in [-0.1, -0.05) is 6.07 Å². The van der Waals surface area contributed by atoms with E-state index in [0.29, 0.717) is 10.4 Å². The van der Waals surface area contributed by atoms with Crippen LogP contribution >= 0.6 is 15.9 Å². The maximum Gasteiger partial charge on any atom is 0.245 e. The fourth-order valence-corrected chi connectivity index (χ4v) is 3.25. The highest BCUT2D eigenvalue weighted by Crippen LogP contribution is 2.25. The smallest absolute Gasteiger partial charge is 0.245 e. The molecule has 0 fully saturated rings. The monoisotopic (exact) mass is 362 g/mol. The van der Waals surface area contributed by atoms with Crippen molar-refractivity contribution in [3.63, 3.8) is 0 Å². The first kappa shape index (κ1) is 15.0. The van der Waals surface area contributed by atoms with Crippen LogP contribution in [0.5, 0.6) is 0 Å². The second kappa shape index (κ2) is 5.55. The van der Waals surface area contributed by atoms with Crippen molar-refractivity contribution in [1.29, 1.82) is 0 Å². The predicted molar refractivity (Wildman–Crippen MR) is 75.9 cm³/mol. The number of hydrogen-bond acceptors (Lipinski definition) is 4. The van der Waals surface area contributed by atoms with Gasteiger partial charge in [-0.3, -0.25) is 0 Å². The molecule has 0 saturated heterocycles. The zero-order valence-corrected chi connectivity index (χ0v) is 12.9. The summed E-state index contributed by atoms with van der Waals surface area (Å²) in [6.07, 6.45) is 0. The van der Waals surface area contributed by atoms with E-state index in [2.05, 4.69) is 15.9 Å². The third kappa shape index (κ3) is 2.87. The minimum absolute atomic E-state index is 0.0177. The van der Waals surface area contributed by atoms with E-state index in [-0.39, 0.29) is 17.1 Å². The Bertz CT molecular complexity index is 730. The Morgan fingerprint density at radius 1 is 1.35 bits per heavy atom. The van der Waals surface area contributed by atoms with Crippen molar-refractivity contribution in [3.05, 3.63) is 46.6 Å². The Hall–Kier alpha value is -1.38. The molecule has 0 aliphatic rings. The minimum atomic E-state index is -3.89. The molecule has 108 valence electrons. The average Bonchev–Trinajstić information content (AvgIpc) is 2.78. The molecule has 5 nitrogen and oxygen atoms in total. The lowest BCUT2D eigenvalue weighted by Crippen LogP contribution is -2.27. The number of furan rings is 1. The second-order valence-corrected chi connectivity index (χ2v) is 6.91. The topological polar surface area (TPSA) is 76.5 Å². The number of nitrogens with two attached hydrogens (primary N) is 1. The summed E-state index contributed by atoms with van der Waals surface area (Å²) in [5.41, 5.74) is 5.10. The van der Waals surface area contributed by atoms with Gasteiger partial charge in [0.2, 0.25) is 10.0 Å². The highest BCUT2D eigenvalue weighted by atomic mass is 79.9. The first-order valence-electron chi connectivity index (χ1n) is 5.57. The Balaban J connectivity index is 2.32. The van der Waals surface area contributed by atoms with E-state index < -0.39 is 15.8 Å². The quantitative estimate of drug-likeness (QED) is 0.848. The summed E-state index contributed by atoms with van der Waals surface area (Å²) < 4.78 is 44.8. The minimum Gasteiger partial charge on any atom is -0.453 e. The molecule has 0 spiro atoms. The van der Waals surface area contributed by atoms with Crippen LogP contribution in [0, 0.1) is 5.82 Å². The number of nitrogens with zero attached hydrogens (tertiary/aromatic N) is 1. The molecule has 1 aromatic heterocycles. The molecule has 0 bridgehead atoms. The summed E-state index contributed by atoms with van der Waals surface area (Å²) in [6.45, 7) is 0.0177. The standard InChI is InChI=1S/C12H12BrFN2O3S/c1-16(7-8-5-6-11(13)19-8)20(17,18)10-4-2-3-9(14)12(10)15/h2-6H,7,15H2,1H3. The van der Waals surface area contributed by atoms with Gasteiger partial charge in [-0.05, 0) is 40.2 Å². The Kier molecular flexibility index (Phi) is 4.17. The van der Waals surface area contributed by atoms with Gasteiger partial charge in [0.15, 0.2) is 4.67 Å². The van der Waals surface area contributed by atoms with Crippen LogP contribution in [0.3, 0.4) is 0 Å². The molecule has 1 heterocycles. The number of rotatable bonds is 4. The van der Waals surface area contributed by atoms with Crippen molar-refractivity contribution in [2.45, 2.75) is 11.4 Å². The predicted octanol–water partition coefficient (Wildman–Crippen LogP) is 2.58. The lowest BCUT2D eigenvalue weighted by Gasteiger charge is -2.17. The lowest BCUT2D eigenvalue weighted by molar-refractivity contribution is 0.398. The molecule has 2 aromatic rings. The van der Waals surface area contributed by atoms with E-state index in [1.165, 1.54) is 19.2 Å². The fraction of sp³-hybridized carbons (Fsp3) is 0.167. The van der Waals surface area contributed by atoms with Crippen LogP contribution < -0.4 is 5.73 Å². The van der Waals surface area contributed by atoms with Gasteiger partial charge < -0.3 is 10.2 Å². The second-order valence-electron chi connectivity index (χ2n) is 4.12. The molecule has 1 aromatic carbocycles. The van der Waals surface area contributed by atoms with Crippen LogP contribution in [0.2, 0.25) is 0 Å². The Labute approximate surface area is 124 Å². The van der Waals surface area contributed by atoms with Crippen molar-refractivity contribution in [2.75, 3.05) is 12.8 Å². The van der Waals surface area contributed by atoms with Crippen LogP contribution in [0.15, 0.2) is 44.3 Å². The van der Waals surface area contributed by atoms with E-state index >= 15 is 0 Å². The van der Waals surface area contributed by atoms with Crippen LogP contribution in [0.4, 0.5) is 10.1 Å². The molecule has 0 amide bonds. The first-order valence-corrected chi connectivity index (χ1v) is 7.80. The number of benzene rings is 1. The van der Waals surface area contributed by atoms with Gasteiger partial charge in [-0.25, -0.2) is 12.8 Å². The number of nitrogen functional groups attached to an aromatic ring is 1. The van der Waals surface area contributed by atoms with Gasteiger partial charge in [-0.15, -0.1) is 0 Å². The number of para-hydroxylation sites is 1. The van der Waals surface area contributed by atoms with Crippen LogP contribution in [0.25, 0.3) is 0 Å². The third-order valence-electron chi connectivity index (χ3n) is 2.71. The van der Waals surface area contributed by atoms with Crippen LogP contribution in [-0.2, 0) is 16.6 Å². The first-order chi connectivity index (χ1) is 9.32. The Morgan fingerprint density at radius 3 is 2.65 bits per heavy atom. The van der Waals surface area contributed by atoms with E-state index in [0.717, 1.165) is 10.4 Å². The SMILES string of the molecule is CN(Cc1ccc(Br)o1)S(=O)(=O)c1cccc(F)c1N. The highest BCUT2D eigenvalue weighted by molar-refractivity contribution is 9.10. The molecule has 0 radical (unpaired) electrons. The molecular formula is C12H12BrFN2O3S. The van der Waals surface area contributed by atoms with Gasteiger partial charge in [0.1, 0.15) is 16.5 Å². The number of halogens is 2. The van der Waals surface area contributed by atoms with E-state index in [9.17, 15) is 12.8 Å². The van der Waals surface area contributed by atoms with Gasteiger partial charge in [0.05, 0.1) is 12.2 Å².